The third-order valence-electron chi connectivity index (χ3n) is 4.12. The number of ether oxygens (including phenoxy) is 2. The second-order valence-corrected chi connectivity index (χ2v) is 5.74. The van der Waals surface area contributed by atoms with Gasteiger partial charge in [-0.1, -0.05) is 6.07 Å². The predicted molar refractivity (Wildman–Crippen MR) is 88.7 cm³/mol. The summed E-state index contributed by atoms with van der Waals surface area (Å²) < 4.78 is 11.1. The molecule has 3 rings (SSSR count). The number of carbonyl (C=O) groups is 1. The van der Waals surface area contributed by atoms with Gasteiger partial charge in [0.25, 0.3) is 5.91 Å². The zero-order valence-corrected chi connectivity index (χ0v) is 13.7. The molecule has 1 fully saturated rings. The highest BCUT2D eigenvalue weighted by Gasteiger charge is 2.25. The third kappa shape index (κ3) is 4.08. The van der Waals surface area contributed by atoms with Crippen molar-refractivity contribution in [1.82, 2.24) is 14.9 Å². The van der Waals surface area contributed by atoms with Crippen LogP contribution in [0.5, 0.6) is 5.75 Å². The summed E-state index contributed by atoms with van der Waals surface area (Å²) >= 11 is 0. The van der Waals surface area contributed by atoms with Crippen LogP contribution < -0.4 is 4.74 Å². The highest BCUT2D eigenvalue weighted by atomic mass is 16.5. The van der Waals surface area contributed by atoms with E-state index in [-0.39, 0.29) is 12.0 Å². The summed E-state index contributed by atoms with van der Waals surface area (Å²) in [6.07, 6.45) is 6.99. The van der Waals surface area contributed by atoms with Gasteiger partial charge in [0.05, 0.1) is 19.8 Å². The molecule has 0 spiro atoms. The van der Waals surface area contributed by atoms with Crippen molar-refractivity contribution in [3.8, 4) is 5.75 Å². The van der Waals surface area contributed by atoms with E-state index in [1.807, 2.05) is 23.2 Å². The van der Waals surface area contributed by atoms with Crippen molar-refractivity contribution in [3.05, 3.63) is 54.1 Å². The van der Waals surface area contributed by atoms with Crippen molar-refractivity contribution in [2.45, 2.75) is 25.6 Å². The summed E-state index contributed by atoms with van der Waals surface area (Å²) in [5.41, 5.74) is 1.49. The molecule has 2 aromatic rings. The Bertz CT molecular complexity index is 670. The van der Waals surface area contributed by atoms with Crippen LogP contribution in [0.1, 0.15) is 28.9 Å². The summed E-state index contributed by atoms with van der Waals surface area (Å²) in [6.45, 7) is 1.91. The lowest BCUT2D eigenvalue weighted by molar-refractivity contribution is -0.000605. The molecular weight excluding hydrogens is 306 g/mol. The monoisotopic (exact) mass is 327 g/mol. The number of pyridine rings is 2. The van der Waals surface area contributed by atoms with Crippen molar-refractivity contribution < 1.29 is 14.3 Å². The molecule has 24 heavy (non-hydrogen) atoms. The van der Waals surface area contributed by atoms with Gasteiger partial charge in [-0.2, -0.15) is 0 Å². The number of amides is 1. The first-order valence-electron chi connectivity index (χ1n) is 8.06. The second kappa shape index (κ2) is 7.88. The van der Waals surface area contributed by atoms with Gasteiger partial charge in [-0.05, 0) is 30.5 Å². The molecular formula is C18H21N3O3. The van der Waals surface area contributed by atoms with Gasteiger partial charge in [0.2, 0.25) is 0 Å². The zero-order valence-electron chi connectivity index (χ0n) is 13.7. The van der Waals surface area contributed by atoms with E-state index in [0.29, 0.717) is 31.1 Å². The third-order valence-corrected chi connectivity index (χ3v) is 4.12. The molecule has 1 amide bonds. The van der Waals surface area contributed by atoms with Crippen LogP contribution in [0.4, 0.5) is 0 Å². The van der Waals surface area contributed by atoms with E-state index in [1.165, 1.54) is 0 Å². The molecule has 6 nitrogen and oxygen atoms in total. The molecule has 0 aromatic carbocycles. The van der Waals surface area contributed by atoms with E-state index in [2.05, 4.69) is 9.97 Å². The van der Waals surface area contributed by atoms with Crippen molar-refractivity contribution in [2.75, 3.05) is 20.2 Å². The Morgan fingerprint density at radius 3 is 2.83 bits per heavy atom. The van der Waals surface area contributed by atoms with Gasteiger partial charge < -0.3 is 14.4 Å². The summed E-state index contributed by atoms with van der Waals surface area (Å²) in [5.74, 6) is 0.586. The number of aromatic nitrogens is 2. The first-order chi connectivity index (χ1) is 11.8. The average molecular weight is 327 g/mol. The maximum Gasteiger partial charge on any atom is 0.272 e. The molecule has 1 saturated heterocycles. The van der Waals surface area contributed by atoms with Crippen LogP contribution in [0.2, 0.25) is 0 Å². The number of rotatable bonds is 5. The maximum absolute atomic E-state index is 12.5. The normalized spacial score (nSPS) is 15.3. The van der Waals surface area contributed by atoms with Gasteiger partial charge in [0.15, 0.2) is 0 Å². The molecule has 0 atom stereocenters. The number of methoxy groups -OCH3 is 1. The smallest absolute Gasteiger partial charge is 0.272 e. The number of piperidine rings is 1. The fraction of sp³-hybridized carbons (Fsp3) is 0.389. The molecule has 0 saturated carbocycles. The van der Waals surface area contributed by atoms with E-state index in [4.69, 9.17) is 9.47 Å². The van der Waals surface area contributed by atoms with Crippen molar-refractivity contribution in [1.29, 1.82) is 0 Å². The molecule has 0 N–H and O–H groups in total. The quantitative estimate of drug-likeness (QED) is 0.843. The van der Waals surface area contributed by atoms with E-state index in [0.717, 1.165) is 18.4 Å². The van der Waals surface area contributed by atoms with E-state index >= 15 is 0 Å². The molecule has 0 aliphatic carbocycles. The standard InChI is InChI=1S/C18H21N3O3/c1-23-16-4-8-20-17(11-16)18(22)21-9-5-15(6-10-21)24-13-14-3-2-7-19-12-14/h2-4,7-8,11-12,15H,5-6,9-10,13H2,1H3. The van der Waals surface area contributed by atoms with Gasteiger partial charge >= 0.3 is 0 Å². The Labute approximate surface area is 141 Å². The molecule has 1 aliphatic heterocycles. The molecule has 0 bridgehead atoms. The summed E-state index contributed by atoms with van der Waals surface area (Å²) in [5, 5.41) is 0. The lowest BCUT2D eigenvalue weighted by Crippen LogP contribution is -2.41. The van der Waals surface area contributed by atoms with Crippen LogP contribution in [-0.4, -0.2) is 47.1 Å². The zero-order chi connectivity index (χ0) is 16.8. The Hall–Kier alpha value is -2.47. The highest BCUT2D eigenvalue weighted by molar-refractivity contribution is 5.92. The molecule has 6 heteroatoms. The first kappa shape index (κ1) is 16.4. The number of hydrogen-bond acceptors (Lipinski definition) is 5. The molecule has 126 valence electrons. The molecule has 0 unspecified atom stereocenters. The average Bonchev–Trinajstić information content (AvgIpc) is 2.67. The van der Waals surface area contributed by atoms with Crippen molar-refractivity contribution in [3.63, 3.8) is 0 Å². The molecule has 3 heterocycles. The minimum absolute atomic E-state index is 0.0559. The Morgan fingerprint density at radius 2 is 2.12 bits per heavy atom. The fourth-order valence-corrected chi connectivity index (χ4v) is 2.74. The number of nitrogens with zero attached hydrogens (tertiary/aromatic N) is 3. The van der Waals surface area contributed by atoms with E-state index in [1.54, 1.807) is 31.6 Å². The summed E-state index contributed by atoms with van der Waals surface area (Å²) in [6, 6.07) is 7.31. The fourth-order valence-electron chi connectivity index (χ4n) is 2.74. The summed E-state index contributed by atoms with van der Waals surface area (Å²) in [7, 11) is 1.58. The van der Waals surface area contributed by atoms with Gasteiger partial charge in [-0.3, -0.25) is 14.8 Å². The van der Waals surface area contributed by atoms with E-state index < -0.39 is 0 Å². The van der Waals surface area contributed by atoms with Gasteiger partial charge in [0, 0.05) is 37.7 Å². The lowest BCUT2D eigenvalue weighted by atomic mass is 10.1. The highest BCUT2D eigenvalue weighted by Crippen LogP contribution is 2.18. The van der Waals surface area contributed by atoms with Gasteiger partial charge in [-0.15, -0.1) is 0 Å². The van der Waals surface area contributed by atoms with Crippen molar-refractivity contribution in [2.24, 2.45) is 0 Å². The predicted octanol–water partition coefficient (Wildman–Crippen LogP) is 2.31. The largest absolute Gasteiger partial charge is 0.497 e. The van der Waals surface area contributed by atoms with Crippen LogP contribution >= 0.6 is 0 Å². The minimum atomic E-state index is -0.0559. The lowest BCUT2D eigenvalue weighted by Gasteiger charge is -2.31. The van der Waals surface area contributed by atoms with Crippen LogP contribution in [-0.2, 0) is 11.3 Å². The van der Waals surface area contributed by atoms with Crippen LogP contribution in [0.25, 0.3) is 0 Å². The van der Waals surface area contributed by atoms with Crippen LogP contribution in [0.15, 0.2) is 42.9 Å². The Morgan fingerprint density at radius 1 is 1.29 bits per heavy atom. The first-order valence-corrected chi connectivity index (χ1v) is 8.06. The van der Waals surface area contributed by atoms with E-state index in [9.17, 15) is 4.79 Å². The Kier molecular flexibility index (Phi) is 5.38. The van der Waals surface area contributed by atoms with Crippen LogP contribution in [0, 0.1) is 0 Å². The SMILES string of the molecule is COc1ccnc(C(=O)N2CCC(OCc3cccnc3)CC2)c1. The summed E-state index contributed by atoms with van der Waals surface area (Å²) in [4.78, 5) is 22.6. The number of carbonyl (C=O) groups excluding carboxylic acids is 1. The molecule has 2 aromatic heterocycles. The maximum atomic E-state index is 12.5. The topological polar surface area (TPSA) is 64.5 Å². The Balaban J connectivity index is 1.50. The minimum Gasteiger partial charge on any atom is -0.497 e. The van der Waals surface area contributed by atoms with Gasteiger partial charge in [-0.25, -0.2) is 0 Å². The van der Waals surface area contributed by atoms with Crippen molar-refractivity contribution >= 4 is 5.91 Å². The number of hydrogen-bond donors (Lipinski definition) is 0. The molecule has 0 radical (unpaired) electrons. The van der Waals surface area contributed by atoms with Crippen LogP contribution in [0.3, 0.4) is 0 Å². The number of likely N-dealkylation sites (tertiary alicyclic amines) is 1. The molecule has 1 aliphatic rings. The second-order valence-electron chi connectivity index (χ2n) is 5.74. The van der Waals surface area contributed by atoms with Gasteiger partial charge in [0.1, 0.15) is 11.4 Å².